The lowest BCUT2D eigenvalue weighted by Crippen LogP contribution is -2.41. The number of ether oxygens (including phenoxy) is 2. The highest BCUT2D eigenvalue weighted by atomic mass is 32.2. The molecule has 2 aliphatic heterocycles. The topological polar surface area (TPSA) is 72.9 Å². The number of hydrogen-bond donors (Lipinski definition) is 0. The lowest BCUT2D eigenvalue weighted by molar-refractivity contribution is 0.171. The fourth-order valence-electron chi connectivity index (χ4n) is 2.19. The number of fused-ring (bicyclic) bond motifs is 1. The molecule has 0 amide bonds. The minimum atomic E-state index is -3.56. The van der Waals surface area contributed by atoms with Crippen LogP contribution in [0.4, 0.5) is 0 Å². The molecule has 20 heavy (non-hydrogen) atoms. The molecular weight excluding hydrogens is 302 g/mol. The number of benzene rings is 1. The van der Waals surface area contributed by atoms with Gasteiger partial charge in [-0.15, -0.1) is 0 Å². The van der Waals surface area contributed by atoms with Crippen molar-refractivity contribution < 1.29 is 22.1 Å². The maximum atomic E-state index is 12.5. The second kappa shape index (κ2) is 5.34. The molecule has 0 bridgehead atoms. The number of sulfonamides is 1. The minimum absolute atomic E-state index is 0.189. The standard InChI is InChI=1S/C12H15NO5S2/c14-19-7-3-13(4-8-19)20(15,16)10-1-2-11-12(9-10)18-6-5-17-11/h1-2,9H,3-8H2. The van der Waals surface area contributed by atoms with Crippen LogP contribution in [0.1, 0.15) is 0 Å². The van der Waals surface area contributed by atoms with Gasteiger partial charge in [0.2, 0.25) is 10.0 Å². The van der Waals surface area contributed by atoms with Crippen molar-refractivity contribution in [2.45, 2.75) is 4.90 Å². The third kappa shape index (κ3) is 2.55. The average Bonchev–Trinajstić information content (AvgIpc) is 2.47. The van der Waals surface area contributed by atoms with Crippen molar-refractivity contribution in [3.63, 3.8) is 0 Å². The second-order valence-electron chi connectivity index (χ2n) is 4.56. The van der Waals surface area contributed by atoms with Gasteiger partial charge in [0, 0.05) is 41.5 Å². The SMILES string of the molecule is O=S1CCN(S(=O)(=O)c2ccc3c(c2)OCCO3)CC1. The fraction of sp³-hybridized carbons (Fsp3) is 0.500. The Morgan fingerprint density at radius 3 is 2.40 bits per heavy atom. The Kier molecular flexibility index (Phi) is 3.70. The van der Waals surface area contributed by atoms with Crippen molar-refractivity contribution in [3.8, 4) is 11.5 Å². The van der Waals surface area contributed by atoms with Crippen LogP contribution in [0, 0.1) is 0 Å². The zero-order chi connectivity index (χ0) is 14.2. The summed E-state index contributed by atoms with van der Waals surface area (Å²) in [7, 11) is -4.46. The van der Waals surface area contributed by atoms with Gasteiger partial charge in [0.25, 0.3) is 0 Å². The molecule has 0 spiro atoms. The van der Waals surface area contributed by atoms with E-state index in [0.29, 0.717) is 49.3 Å². The van der Waals surface area contributed by atoms with Crippen LogP contribution in [-0.2, 0) is 20.8 Å². The fourth-order valence-corrected chi connectivity index (χ4v) is 4.94. The molecule has 0 unspecified atom stereocenters. The Bertz CT molecular complexity index is 633. The molecule has 2 aliphatic rings. The van der Waals surface area contributed by atoms with Crippen molar-refractivity contribution >= 4 is 20.8 Å². The predicted molar refractivity (Wildman–Crippen MR) is 74.1 cm³/mol. The molecule has 110 valence electrons. The molecule has 0 atom stereocenters. The van der Waals surface area contributed by atoms with E-state index in [1.807, 2.05) is 0 Å². The molecule has 1 aromatic carbocycles. The monoisotopic (exact) mass is 317 g/mol. The molecule has 0 aliphatic carbocycles. The van der Waals surface area contributed by atoms with E-state index in [2.05, 4.69) is 0 Å². The van der Waals surface area contributed by atoms with Gasteiger partial charge in [-0.1, -0.05) is 0 Å². The highest BCUT2D eigenvalue weighted by Gasteiger charge is 2.29. The number of hydrogen-bond acceptors (Lipinski definition) is 5. The zero-order valence-electron chi connectivity index (χ0n) is 10.8. The predicted octanol–water partition coefficient (Wildman–Crippen LogP) is 0.211. The molecule has 1 saturated heterocycles. The van der Waals surface area contributed by atoms with Crippen molar-refractivity contribution in [2.24, 2.45) is 0 Å². The van der Waals surface area contributed by atoms with E-state index in [4.69, 9.17) is 9.47 Å². The molecule has 1 fully saturated rings. The van der Waals surface area contributed by atoms with Gasteiger partial charge in [0.15, 0.2) is 11.5 Å². The normalized spacial score (nSPS) is 20.8. The van der Waals surface area contributed by atoms with Gasteiger partial charge in [0.05, 0.1) is 4.90 Å². The Balaban J connectivity index is 1.89. The molecule has 3 rings (SSSR count). The molecule has 2 heterocycles. The lowest BCUT2D eigenvalue weighted by atomic mass is 10.3. The van der Waals surface area contributed by atoms with Crippen LogP contribution < -0.4 is 9.47 Å². The quantitative estimate of drug-likeness (QED) is 0.780. The summed E-state index contributed by atoms with van der Waals surface area (Å²) in [6.07, 6.45) is 0. The Hall–Kier alpha value is -1.12. The summed E-state index contributed by atoms with van der Waals surface area (Å²) >= 11 is 0. The summed E-state index contributed by atoms with van der Waals surface area (Å²) in [6, 6.07) is 4.63. The smallest absolute Gasteiger partial charge is 0.243 e. The maximum absolute atomic E-state index is 12.5. The van der Waals surface area contributed by atoms with Gasteiger partial charge in [-0.05, 0) is 12.1 Å². The first-order chi connectivity index (χ1) is 9.57. The van der Waals surface area contributed by atoms with Crippen LogP contribution in [0.5, 0.6) is 11.5 Å². The summed E-state index contributed by atoms with van der Waals surface area (Å²) in [5.41, 5.74) is 0. The van der Waals surface area contributed by atoms with Crippen LogP contribution in [-0.4, -0.2) is 54.7 Å². The summed E-state index contributed by atoms with van der Waals surface area (Å²) in [6.45, 7) is 1.48. The summed E-state index contributed by atoms with van der Waals surface area (Å²) in [4.78, 5) is 0.189. The molecule has 0 aromatic heterocycles. The number of nitrogens with zero attached hydrogens (tertiary/aromatic N) is 1. The lowest BCUT2D eigenvalue weighted by Gasteiger charge is -2.26. The van der Waals surface area contributed by atoms with E-state index in [-0.39, 0.29) is 4.90 Å². The molecule has 0 N–H and O–H groups in total. The van der Waals surface area contributed by atoms with E-state index in [0.717, 1.165) is 0 Å². The highest BCUT2D eigenvalue weighted by molar-refractivity contribution is 7.89. The zero-order valence-corrected chi connectivity index (χ0v) is 12.4. The van der Waals surface area contributed by atoms with Crippen LogP contribution in [0.25, 0.3) is 0 Å². The summed E-state index contributed by atoms with van der Waals surface area (Å²) < 4.78 is 48.5. The van der Waals surface area contributed by atoms with E-state index in [9.17, 15) is 12.6 Å². The summed E-state index contributed by atoms with van der Waals surface area (Å²) in [5.74, 6) is 1.81. The van der Waals surface area contributed by atoms with E-state index < -0.39 is 20.8 Å². The first-order valence-corrected chi connectivity index (χ1v) is 9.25. The van der Waals surface area contributed by atoms with Gasteiger partial charge >= 0.3 is 0 Å². The Morgan fingerprint density at radius 1 is 1.05 bits per heavy atom. The Labute approximate surface area is 120 Å². The first-order valence-electron chi connectivity index (χ1n) is 6.32. The molecule has 8 heteroatoms. The van der Waals surface area contributed by atoms with E-state index in [1.54, 1.807) is 6.07 Å². The largest absolute Gasteiger partial charge is 0.486 e. The van der Waals surface area contributed by atoms with Crippen molar-refractivity contribution in [2.75, 3.05) is 37.8 Å². The van der Waals surface area contributed by atoms with Gasteiger partial charge in [-0.2, -0.15) is 4.31 Å². The van der Waals surface area contributed by atoms with E-state index in [1.165, 1.54) is 16.4 Å². The third-order valence-electron chi connectivity index (χ3n) is 3.29. The summed E-state index contributed by atoms with van der Waals surface area (Å²) in [5, 5.41) is 0. The van der Waals surface area contributed by atoms with Crippen molar-refractivity contribution in [3.05, 3.63) is 18.2 Å². The maximum Gasteiger partial charge on any atom is 0.243 e. The van der Waals surface area contributed by atoms with Crippen LogP contribution in [0.15, 0.2) is 23.1 Å². The average molecular weight is 317 g/mol. The molecular formula is C12H15NO5S2. The first kappa shape index (κ1) is 13.8. The van der Waals surface area contributed by atoms with Crippen molar-refractivity contribution in [1.82, 2.24) is 4.31 Å². The molecule has 1 aromatic rings. The minimum Gasteiger partial charge on any atom is -0.486 e. The Morgan fingerprint density at radius 2 is 1.70 bits per heavy atom. The molecule has 0 radical (unpaired) electrons. The van der Waals surface area contributed by atoms with Crippen LogP contribution in [0.3, 0.4) is 0 Å². The van der Waals surface area contributed by atoms with E-state index >= 15 is 0 Å². The van der Waals surface area contributed by atoms with Crippen molar-refractivity contribution in [1.29, 1.82) is 0 Å². The third-order valence-corrected chi connectivity index (χ3v) is 6.46. The molecule has 6 nitrogen and oxygen atoms in total. The molecule has 0 saturated carbocycles. The van der Waals surface area contributed by atoms with Gasteiger partial charge in [-0.3, -0.25) is 4.21 Å². The van der Waals surface area contributed by atoms with Gasteiger partial charge in [0.1, 0.15) is 13.2 Å². The highest BCUT2D eigenvalue weighted by Crippen LogP contribution is 2.33. The van der Waals surface area contributed by atoms with Gasteiger partial charge < -0.3 is 9.47 Å². The number of rotatable bonds is 2. The second-order valence-corrected chi connectivity index (χ2v) is 8.19. The van der Waals surface area contributed by atoms with Crippen LogP contribution in [0.2, 0.25) is 0 Å². The van der Waals surface area contributed by atoms with Crippen LogP contribution >= 0.6 is 0 Å². The van der Waals surface area contributed by atoms with Gasteiger partial charge in [-0.25, -0.2) is 8.42 Å².